The molecular formula is C19H25N7S. The zero-order valence-corrected chi connectivity index (χ0v) is 16.5. The minimum atomic E-state index is 0.397. The summed E-state index contributed by atoms with van der Waals surface area (Å²) in [6.45, 7) is 5.27. The quantitative estimate of drug-likeness (QED) is 0.690. The van der Waals surface area contributed by atoms with E-state index < -0.39 is 0 Å². The van der Waals surface area contributed by atoms with Crippen LogP contribution in [0.3, 0.4) is 0 Å². The van der Waals surface area contributed by atoms with Crippen molar-refractivity contribution in [1.82, 2.24) is 29.6 Å². The molecule has 2 aliphatic rings. The van der Waals surface area contributed by atoms with Gasteiger partial charge >= 0.3 is 0 Å². The van der Waals surface area contributed by atoms with Crippen molar-refractivity contribution >= 4 is 27.4 Å². The molecule has 0 saturated carbocycles. The fraction of sp³-hybridized carbons (Fsp3) is 0.579. The van der Waals surface area contributed by atoms with Gasteiger partial charge < -0.3 is 9.47 Å². The summed E-state index contributed by atoms with van der Waals surface area (Å²) in [4.78, 5) is 13.9. The number of hydrogen-bond acceptors (Lipinski definition) is 7. The van der Waals surface area contributed by atoms with Crippen molar-refractivity contribution in [3.63, 3.8) is 0 Å². The van der Waals surface area contributed by atoms with Crippen molar-refractivity contribution in [2.75, 3.05) is 31.1 Å². The largest absolute Gasteiger partial charge is 0.355 e. The molecule has 2 aliphatic heterocycles. The fourth-order valence-electron chi connectivity index (χ4n) is 4.39. The normalized spacial score (nSPS) is 21.4. The Bertz CT molecular complexity index is 927. The number of likely N-dealkylation sites (tertiary alicyclic amines) is 1. The lowest BCUT2D eigenvalue weighted by atomic mass is 9.97. The third-order valence-corrected chi connectivity index (χ3v) is 6.77. The fourth-order valence-corrected chi connectivity index (χ4v) is 5.25. The van der Waals surface area contributed by atoms with Gasteiger partial charge in [-0.15, -0.1) is 21.5 Å². The van der Waals surface area contributed by atoms with Gasteiger partial charge in [0.05, 0.1) is 16.8 Å². The second-order valence-corrected chi connectivity index (χ2v) is 8.55. The van der Waals surface area contributed by atoms with Crippen LogP contribution < -0.4 is 4.90 Å². The molecule has 27 heavy (non-hydrogen) atoms. The molecule has 8 heteroatoms. The van der Waals surface area contributed by atoms with Gasteiger partial charge in [-0.25, -0.2) is 9.97 Å². The Morgan fingerprint density at radius 1 is 1.11 bits per heavy atom. The van der Waals surface area contributed by atoms with Crippen LogP contribution in [0, 0.1) is 0 Å². The highest BCUT2D eigenvalue weighted by Crippen LogP contribution is 2.33. The average molecular weight is 384 g/mol. The van der Waals surface area contributed by atoms with E-state index in [-0.39, 0.29) is 0 Å². The monoisotopic (exact) mass is 383 g/mol. The van der Waals surface area contributed by atoms with Gasteiger partial charge in [0.25, 0.3) is 0 Å². The number of fused-ring (bicyclic) bond motifs is 1. The summed E-state index contributed by atoms with van der Waals surface area (Å²) in [6.07, 6.45) is 6.60. The van der Waals surface area contributed by atoms with Gasteiger partial charge in [0.2, 0.25) is 0 Å². The standard InChI is InChI=1S/C19H25N7S/c1-24-16(12-25-7-2-3-8-25)22-23-18(24)14-5-4-9-26(11-14)19-17-15(6-10-27-17)20-13-21-19/h6,10,13-14H,2-5,7-9,11-12H2,1H3/t14-/m0/s1. The average Bonchev–Trinajstić information content (AvgIpc) is 3.44. The molecule has 0 radical (unpaired) electrons. The lowest BCUT2D eigenvalue weighted by Crippen LogP contribution is -2.36. The molecule has 5 rings (SSSR count). The topological polar surface area (TPSA) is 63.0 Å². The van der Waals surface area contributed by atoms with E-state index in [9.17, 15) is 0 Å². The Morgan fingerprint density at radius 3 is 2.89 bits per heavy atom. The van der Waals surface area contributed by atoms with Crippen LogP contribution in [-0.4, -0.2) is 55.8 Å². The summed E-state index contributed by atoms with van der Waals surface area (Å²) >= 11 is 1.72. The molecule has 3 aromatic rings. The molecule has 5 heterocycles. The molecule has 142 valence electrons. The van der Waals surface area contributed by atoms with Gasteiger partial charge in [-0.05, 0) is 50.2 Å². The van der Waals surface area contributed by atoms with Crippen molar-refractivity contribution in [3.8, 4) is 0 Å². The van der Waals surface area contributed by atoms with Gasteiger partial charge in [0, 0.05) is 26.1 Å². The van der Waals surface area contributed by atoms with Crippen LogP contribution in [0.4, 0.5) is 5.82 Å². The van der Waals surface area contributed by atoms with E-state index in [2.05, 4.69) is 53.0 Å². The van der Waals surface area contributed by atoms with Crippen LogP contribution in [0.5, 0.6) is 0 Å². The maximum atomic E-state index is 4.60. The van der Waals surface area contributed by atoms with Crippen LogP contribution in [0.2, 0.25) is 0 Å². The van der Waals surface area contributed by atoms with Gasteiger partial charge in [0.1, 0.15) is 23.8 Å². The first kappa shape index (κ1) is 17.1. The van der Waals surface area contributed by atoms with Gasteiger partial charge in [-0.1, -0.05) is 0 Å². The van der Waals surface area contributed by atoms with E-state index in [1.807, 2.05) is 0 Å². The molecule has 0 aliphatic carbocycles. The molecule has 2 saturated heterocycles. The van der Waals surface area contributed by atoms with Crippen LogP contribution in [0.15, 0.2) is 17.8 Å². The first-order valence-electron chi connectivity index (χ1n) is 9.83. The Labute approximate surface area is 163 Å². The maximum Gasteiger partial charge on any atom is 0.150 e. The number of hydrogen-bond donors (Lipinski definition) is 0. The molecular weight excluding hydrogens is 358 g/mol. The number of thiophene rings is 1. The van der Waals surface area contributed by atoms with Crippen molar-refractivity contribution in [1.29, 1.82) is 0 Å². The van der Waals surface area contributed by atoms with Gasteiger partial charge in [0.15, 0.2) is 0 Å². The van der Waals surface area contributed by atoms with E-state index in [1.165, 1.54) is 30.6 Å². The third-order valence-electron chi connectivity index (χ3n) is 5.87. The Hall–Kier alpha value is -2.06. The smallest absolute Gasteiger partial charge is 0.150 e. The van der Waals surface area contributed by atoms with Crippen molar-refractivity contribution in [3.05, 3.63) is 29.4 Å². The molecule has 0 unspecified atom stereocenters. The molecule has 0 N–H and O–H groups in total. The van der Waals surface area contributed by atoms with Gasteiger partial charge in [-0.2, -0.15) is 0 Å². The summed E-state index contributed by atoms with van der Waals surface area (Å²) in [5.74, 6) is 3.67. The summed E-state index contributed by atoms with van der Waals surface area (Å²) in [7, 11) is 2.13. The van der Waals surface area contributed by atoms with Crippen LogP contribution in [0.25, 0.3) is 10.2 Å². The summed E-state index contributed by atoms with van der Waals surface area (Å²) in [6, 6.07) is 2.07. The Balaban J connectivity index is 1.37. The summed E-state index contributed by atoms with van der Waals surface area (Å²) in [5.41, 5.74) is 1.04. The lowest BCUT2D eigenvalue weighted by Gasteiger charge is -2.33. The number of rotatable bonds is 4. The lowest BCUT2D eigenvalue weighted by molar-refractivity contribution is 0.317. The molecule has 0 bridgehead atoms. The molecule has 1 atom stereocenters. The van der Waals surface area contributed by atoms with E-state index in [0.29, 0.717) is 5.92 Å². The number of anilines is 1. The van der Waals surface area contributed by atoms with Crippen molar-refractivity contribution in [2.24, 2.45) is 7.05 Å². The summed E-state index contributed by atoms with van der Waals surface area (Å²) < 4.78 is 3.42. The predicted octanol–water partition coefficient (Wildman–Crippen LogP) is 2.80. The Kier molecular flexibility index (Phi) is 4.53. The van der Waals surface area contributed by atoms with E-state index in [1.54, 1.807) is 17.7 Å². The van der Waals surface area contributed by atoms with E-state index in [0.717, 1.165) is 55.5 Å². The molecule has 0 spiro atoms. The van der Waals surface area contributed by atoms with Crippen LogP contribution >= 0.6 is 11.3 Å². The van der Waals surface area contributed by atoms with Gasteiger partial charge in [-0.3, -0.25) is 4.90 Å². The van der Waals surface area contributed by atoms with Crippen molar-refractivity contribution < 1.29 is 0 Å². The number of aromatic nitrogens is 5. The predicted molar refractivity (Wildman–Crippen MR) is 107 cm³/mol. The maximum absolute atomic E-state index is 4.60. The van der Waals surface area contributed by atoms with Crippen molar-refractivity contribution in [2.45, 2.75) is 38.1 Å². The number of nitrogens with zero attached hydrogens (tertiary/aromatic N) is 7. The highest BCUT2D eigenvalue weighted by molar-refractivity contribution is 7.17. The SMILES string of the molecule is Cn1c(CN2CCCC2)nnc1[C@H]1CCCN(c2ncnc3ccsc23)C1. The molecule has 2 fully saturated rings. The molecule has 0 aromatic carbocycles. The first-order valence-corrected chi connectivity index (χ1v) is 10.7. The highest BCUT2D eigenvalue weighted by atomic mass is 32.1. The number of piperidine rings is 1. The van der Waals surface area contributed by atoms with E-state index in [4.69, 9.17) is 0 Å². The molecule has 7 nitrogen and oxygen atoms in total. The van der Waals surface area contributed by atoms with E-state index >= 15 is 0 Å². The zero-order valence-electron chi connectivity index (χ0n) is 15.7. The Morgan fingerprint density at radius 2 is 2.00 bits per heavy atom. The minimum absolute atomic E-state index is 0.397. The van der Waals surface area contributed by atoms with Crippen LogP contribution in [-0.2, 0) is 13.6 Å². The first-order chi connectivity index (χ1) is 13.3. The molecule has 3 aromatic heterocycles. The zero-order chi connectivity index (χ0) is 18.2. The second kappa shape index (κ2) is 7.16. The molecule has 0 amide bonds. The second-order valence-electron chi connectivity index (χ2n) is 7.63. The van der Waals surface area contributed by atoms with Crippen LogP contribution in [0.1, 0.15) is 43.3 Å². The third kappa shape index (κ3) is 3.21. The highest BCUT2D eigenvalue weighted by Gasteiger charge is 2.28. The minimum Gasteiger partial charge on any atom is -0.355 e. The summed E-state index contributed by atoms with van der Waals surface area (Å²) in [5, 5.41) is 11.2.